The summed E-state index contributed by atoms with van der Waals surface area (Å²) >= 11 is 10.3. The summed E-state index contributed by atoms with van der Waals surface area (Å²) in [4.78, 5) is 0.405. The second kappa shape index (κ2) is 7.13. The van der Waals surface area contributed by atoms with Crippen LogP contribution in [0.2, 0.25) is 5.02 Å². The van der Waals surface area contributed by atoms with Crippen molar-refractivity contribution in [2.45, 2.75) is 63.6 Å². The van der Waals surface area contributed by atoms with Gasteiger partial charge in [0, 0.05) is 9.85 Å². The second-order valence-electron chi connectivity index (χ2n) is 6.02. The Morgan fingerprint density at radius 1 is 1.11 bits per heavy atom. The number of rotatable bonds is 3. The summed E-state index contributed by atoms with van der Waals surface area (Å²) in [5.74, 6) is 0.865. The molecule has 1 aromatic carbocycles. The van der Waals surface area contributed by atoms with Gasteiger partial charge in [0.2, 0.25) is 0 Å². The van der Waals surface area contributed by atoms with Crippen LogP contribution in [0.1, 0.15) is 66.5 Å². The van der Waals surface area contributed by atoms with Gasteiger partial charge in [0.05, 0.1) is 0 Å². The molecule has 1 aromatic rings. The van der Waals surface area contributed by atoms with Gasteiger partial charge in [0.25, 0.3) is 0 Å². The van der Waals surface area contributed by atoms with Crippen molar-refractivity contribution >= 4 is 27.5 Å². The predicted molar refractivity (Wildman–Crippen MR) is 88.4 cm³/mol. The van der Waals surface area contributed by atoms with E-state index in [1.54, 1.807) is 0 Å². The highest BCUT2D eigenvalue weighted by molar-refractivity contribution is 9.09. The van der Waals surface area contributed by atoms with E-state index in [1.807, 2.05) is 0 Å². The van der Waals surface area contributed by atoms with E-state index in [1.165, 1.54) is 61.6 Å². The summed E-state index contributed by atoms with van der Waals surface area (Å²) in [7, 11) is 0. The summed E-state index contributed by atoms with van der Waals surface area (Å²) in [5, 5.41) is 0.915. The molecule has 1 saturated carbocycles. The van der Waals surface area contributed by atoms with Crippen LogP contribution in [-0.2, 0) is 0 Å². The summed E-state index contributed by atoms with van der Waals surface area (Å²) in [6.45, 7) is 4.29. The second-order valence-corrected chi connectivity index (χ2v) is 7.53. The Morgan fingerprint density at radius 2 is 1.68 bits per heavy atom. The van der Waals surface area contributed by atoms with Gasteiger partial charge >= 0.3 is 0 Å². The van der Waals surface area contributed by atoms with Crippen LogP contribution in [0.3, 0.4) is 0 Å². The zero-order valence-corrected chi connectivity index (χ0v) is 14.4. The van der Waals surface area contributed by atoms with Crippen LogP contribution in [0.4, 0.5) is 0 Å². The maximum atomic E-state index is 6.42. The first-order chi connectivity index (χ1) is 9.08. The predicted octanol–water partition coefficient (Wildman–Crippen LogP) is 6.75. The Balaban J connectivity index is 2.06. The molecule has 0 amide bonds. The Morgan fingerprint density at radius 3 is 2.32 bits per heavy atom. The van der Waals surface area contributed by atoms with Crippen molar-refractivity contribution in [3.63, 3.8) is 0 Å². The van der Waals surface area contributed by atoms with Gasteiger partial charge in [-0.05, 0) is 48.9 Å². The fourth-order valence-electron chi connectivity index (χ4n) is 3.06. The fourth-order valence-corrected chi connectivity index (χ4v) is 4.45. The van der Waals surface area contributed by atoms with Crippen LogP contribution in [0.5, 0.6) is 0 Å². The van der Waals surface area contributed by atoms with Crippen molar-refractivity contribution in [2.24, 2.45) is 5.92 Å². The molecule has 0 saturated heterocycles. The molecule has 19 heavy (non-hydrogen) atoms. The van der Waals surface area contributed by atoms with E-state index in [2.05, 4.69) is 41.9 Å². The highest BCUT2D eigenvalue weighted by Crippen LogP contribution is 2.39. The molecule has 1 atom stereocenters. The Hall–Kier alpha value is -0.0100. The van der Waals surface area contributed by atoms with E-state index in [0.29, 0.717) is 4.83 Å². The maximum absolute atomic E-state index is 6.42. The lowest BCUT2D eigenvalue weighted by atomic mass is 9.92. The van der Waals surface area contributed by atoms with Crippen molar-refractivity contribution in [3.05, 3.63) is 33.8 Å². The van der Waals surface area contributed by atoms with Crippen LogP contribution in [0.15, 0.2) is 12.1 Å². The monoisotopic (exact) mass is 342 g/mol. The molecule has 0 aliphatic heterocycles. The van der Waals surface area contributed by atoms with Crippen LogP contribution in [0, 0.1) is 19.8 Å². The van der Waals surface area contributed by atoms with Crippen molar-refractivity contribution in [2.75, 3.05) is 0 Å². The largest absolute Gasteiger partial charge is 0.0840 e. The van der Waals surface area contributed by atoms with E-state index in [-0.39, 0.29) is 0 Å². The SMILES string of the molecule is Cc1cc(Cl)c(C(Br)CC2CCCCCC2)cc1C. The molecule has 1 aliphatic rings. The van der Waals surface area contributed by atoms with Gasteiger partial charge in [-0.2, -0.15) is 0 Å². The molecule has 1 unspecified atom stereocenters. The number of hydrogen-bond donors (Lipinski definition) is 0. The van der Waals surface area contributed by atoms with Crippen molar-refractivity contribution < 1.29 is 0 Å². The minimum Gasteiger partial charge on any atom is -0.0840 e. The lowest BCUT2D eigenvalue weighted by Gasteiger charge is -2.20. The van der Waals surface area contributed by atoms with E-state index in [9.17, 15) is 0 Å². The molecule has 0 spiro atoms. The fraction of sp³-hybridized carbons (Fsp3) is 0.647. The molecule has 1 fully saturated rings. The van der Waals surface area contributed by atoms with E-state index >= 15 is 0 Å². The maximum Gasteiger partial charge on any atom is 0.0452 e. The standard InChI is InChI=1S/C17H24BrCl/c1-12-9-15(17(19)10-13(12)2)16(18)11-14-7-5-3-4-6-8-14/h9-10,14,16H,3-8,11H2,1-2H3. The zero-order valence-electron chi connectivity index (χ0n) is 12.0. The molecular weight excluding hydrogens is 320 g/mol. The Kier molecular flexibility index (Phi) is 5.77. The number of halogens is 2. The van der Waals surface area contributed by atoms with Gasteiger partial charge in [-0.1, -0.05) is 72.1 Å². The summed E-state index contributed by atoms with van der Waals surface area (Å²) in [6.07, 6.45) is 9.68. The smallest absolute Gasteiger partial charge is 0.0452 e. The van der Waals surface area contributed by atoms with Crippen LogP contribution < -0.4 is 0 Å². The van der Waals surface area contributed by atoms with Gasteiger partial charge < -0.3 is 0 Å². The first-order valence-electron chi connectivity index (χ1n) is 7.48. The van der Waals surface area contributed by atoms with Crippen molar-refractivity contribution in [1.82, 2.24) is 0 Å². The first kappa shape index (κ1) is 15.4. The normalized spacial score (nSPS) is 19.2. The Bertz CT molecular complexity index is 420. The average molecular weight is 344 g/mol. The zero-order chi connectivity index (χ0) is 13.8. The molecule has 0 N–H and O–H groups in total. The van der Waals surface area contributed by atoms with E-state index in [4.69, 9.17) is 11.6 Å². The summed E-state index contributed by atoms with van der Waals surface area (Å²) < 4.78 is 0. The molecule has 106 valence electrons. The number of aryl methyl sites for hydroxylation is 2. The highest BCUT2D eigenvalue weighted by Gasteiger charge is 2.19. The van der Waals surface area contributed by atoms with E-state index < -0.39 is 0 Å². The molecule has 2 heteroatoms. The highest BCUT2D eigenvalue weighted by atomic mass is 79.9. The molecular formula is C17H24BrCl. The van der Waals surface area contributed by atoms with Gasteiger partial charge in [-0.15, -0.1) is 0 Å². The lowest BCUT2D eigenvalue weighted by Crippen LogP contribution is -2.04. The molecule has 0 aromatic heterocycles. The van der Waals surface area contributed by atoms with Crippen LogP contribution in [-0.4, -0.2) is 0 Å². The van der Waals surface area contributed by atoms with Crippen molar-refractivity contribution in [3.8, 4) is 0 Å². The first-order valence-corrected chi connectivity index (χ1v) is 8.78. The molecule has 0 nitrogen and oxygen atoms in total. The van der Waals surface area contributed by atoms with Gasteiger partial charge in [-0.25, -0.2) is 0 Å². The topological polar surface area (TPSA) is 0 Å². The number of benzene rings is 1. The molecule has 0 bridgehead atoms. The summed E-state index contributed by atoms with van der Waals surface area (Å²) in [5.41, 5.74) is 3.89. The number of hydrogen-bond acceptors (Lipinski definition) is 0. The third kappa shape index (κ3) is 4.23. The molecule has 0 heterocycles. The number of alkyl halides is 1. The van der Waals surface area contributed by atoms with Gasteiger partial charge in [-0.3, -0.25) is 0 Å². The third-order valence-corrected chi connectivity index (χ3v) is 5.66. The quantitative estimate of drug-likeness (QED) is 0.420. The average Bonchev–Trinajstić information content (AvgIpc) is 2.62. The van der Waals surface area contributed by atoms with Crippen molar-refractivity contribution in [1.29, 1.82) is 0 Å². The van der Waals surface area contributed by atoms with Gasteiger partial charge in [0.1, 0.15) is 0 Å². The molecule has 2 rings (SSSR count). The van der Waals surface area contributed by atoms with Crippen LogP contribution >= 0.6 is 27.5 Å². The summed E-state index contributed by atoms with van der Waals surface area (Å²) in [6, 6.07) is 4.36. The molecule has 1 aliphatic carbocycles. The Labute approximate surface area is 131 Å². The minimum atomic E-state index is 0.405. The third-order valence-electron chi connectivity index (χ3n) is 4.47. The lowest BCUT2D eigenvalue weighted by molar-refractivity contribution is 0.427. The van der Waals surface area contributed by atoms with Gasteiger partial charge in [0.15, 0.2) is 0 Å². The molecule has 0 radical (unpaired) electrons. The van der Waals surface area contributed by atoms with E-state index in [0.717, 1.165) is 10.9 Å². The van der Waals surface area contributed by atoms with Crippen LogP contribution in [0.25, 0.3) is 0 Å². The minimum absolute atomic E-state index is 0.405.